The Hall–Kier alpha value is -1.43. The van der Waals surface area contributed by atoms with Crippen molar-refractivity contribution in [1.82, 2.24) is 9.88 Å². The zero-order chi connectivity index (χ0) is 15.7. The summed E-state index contributed by atoms with van der Waals surface area (Å²) in [6.07, 6.45) is -0.146. The van der Waals surface area contributed by atoms with Gasteiger partial charge in [-0.3, -0.25) is 4.79 Å². The zero-order valence-electron chi connectivity index (χ0n) is 12.5. The van der Waals surface area contributed by atoms with Gasteiger partial charge in [-0.25, -0.2) is 4.98 Å². The predicted molar refractivity (Wildman–Crippen MR) is 87.5 cm³/mol. The van der Waals surface area contributed by atoms with Crippen molar-refractivity contribution >= 4 is 28.8 Å². The van der Waals surface area contributed by atoms with Crippen LogP contribution in [0, 0.1) is 6.92 Å². The normalized spacial score (nSPS) is 21.9. The van der Waals surface area contributed by atoms with E-state index in [1.54, 1.807) is 5.51 Å². The molecular formula is C16H17ClN2O2S. The molecule has 1 aliphatic heterocycles. The number of aromatic nitrogens is 1. The second-order valence-electron chi connectivity index (χ2n) is 5.45. The van der Waals surface area contributed by atoms with E-state index in [1.807, 2.05) is 43.0 Å². The number of rotatable bonds is 2. The fraction of sp³-hybridized carbons (Fsp3) is 0.375. The quantitative estimate of drug-likeness (QED) is 0.839. The Balaban J connectivity index is 1.82. The van der Waals surface area contributed by atoms with Crippen LogP contribution in [-0.2, 0) is 4.74 Å². The van der Waals surface area contributed by atoms with Crippen LogP contribution < -0.4 is 0 Å². The van der Waals surface area contributed by atoms with Crippen LogP contribution in [0.1, 0.15) is 34.0 Å². The molecule has 0 bridgehead atoms. The van der Waals surface area contributed by atoms with E-state index in [1.165, 1.54) is 11.3 Å². The molecule has 2 aromatic rings. The number of aryl methyl sites for hydroxylation is 1. The lowest BCUT2D eigenvalue weighted by Gasteiger charge is -2.38. The second kappa shape index (κ2) is 6.36. The van der Waals surface area contributed by atoms with Gasteiger partial charge in [-0.1, -0.05) is 23.7 Å². The summed E-state index contributed by atoms with van der Waals surface area (Å²) in [5.74, 6) is 0.0304. The van der Waals surface area contributed by atoms with Gasteiger partial charge in [-0.05, 0) is 31.5 Å². The number of hydrogen-bond acceptors (Lipinski definition) is 4. The van der Waals surface area contributed by atoms with Crippen molar-refractivity contribution in [2.24, 2.45) is 0 Å². The van der Waals surface area contributed by atoms with Crippen LogP contribution in [0.15, 0.2) is 29.8 Å². The van der Waals surface area contributed by atoms with Crippen LogP contribution in [0.4, 0.5) is 0 Å². The van der Waals surface area contributed by atoms with Crippen molar-refractivity contribution in [3.8, 4) is 0 Å². The van der Waals surface area contributed by atoms with Crippen LogP contribution >= 0.6 is 22.9 Å². The Morgan fingerprint density at radius 3 is 3.00 bits per heavy atom. The van der Waals surface area contributed by atoms with Crippen molar-refractivity contribution < 1.29 is 9.53 Å². The number of carbonyl (C=O) groups is 1. The molecule has 0 unspecified atom stereocenters. The van der Waals surface area contributed by atoms with Gasteiger partial charge in [0.15, 0.2) is 0 Å². The van der Waals surface area contributed by atoms with Crippen LogP contribution in [0.3, 0.4) is 0 Å². The van der Waals surface area contributed by atoms with Gasteiger partial charge in [-0.15, -0.1) is 11.3 Å². The molecular weight excluding hydrogens is 320 g/mol. The number of ether oxygens (including phenoxy) is 1. The highest BCUT2D eigenvalue weighted by atomic mass is 35.5. The fourth-order valence-corrected chi connectivity index (χ4v) is 3.54. The summed E-state index contributed by atoms with van der Waals surface area (Å²) in [6, 6.07) is 7.65. The number of halogens is 1. The summed E-state index contributed by atoms with van der Waals surface area (Å²) in [7, 11) is 0. The lowest BCUT2D eigenvalue weighted by atomic mass is 10.1. The maximum Gasteiger partial charge on any atom is 0.266 e. The molecule has 1 aromatic heterocycles. The molecule has 1 saturated heterocycles. The third-order valence-corrected chi connectivity index (χ3v) is 5.01. The van der Waals surface area contributed by atoms with Crippen LogP contribution in [0.25, 0.3) is 0 Å². The van der Waals surface area contributed by atoms with Gasteiger partial charge in [0, 0.05) is 5.02 Å². The summed E-state index contributed by atoms with van der Waals surface area (Å²) < 4.78 is 5.89. The summed E-state index contributed by atoms with van der Waals surface area (Å²) >= 11 is 7.44. The SMILES string of the molecule is Cc1ncsc1C(=O)N1C[C@@H](c2cccc(Cl)c2)OC[C@@H]1C. The standard InChI is InChI=1S/C16H17ClN2O2S/c1-10-8-21-14(12-4-3-5-13(17)6-12)7-19(10)16(20)15-11(2)18-9-22-15/h3-6,9-10,14H,7-8H2,1-2H3/t10-,14-/m0/s1. The van der Waals surface area contributed by atoms with Crippen molar-refractivity contribution in [2.45, 2.75) is 26.0 Å². The van der Waals surface area contributed by atoms with Gasteiger partial charge in [-0.2, -0.15) is 0 Å². The van der Waals surface area contributed by atoms with E-state index >= 15 is 0 Å². The molecule has 1 aromatic carbocycles. The van der Waals surface area contributed by atoms with Crippen molar-refractivity contribution in [2.75, 3.05) is 13.2 Å². The highest BCUT2D eigenvalue weighted by Crippen LogP contribution is 2.28. The maximum atomic E-state index is 12.8. The number of carbonyl (C=O) groups excluding carboxylic acids is 1. The first-order valence-electron chi connectivity index (χ1n) is 7.14. The first-order valence-corrected chi connectivity index (χ1v) is 8.40. The fourth-order valence-electron chi connectivity index (χ4n) is 2.59. The van der Waals surface area contributed by atoms with E-state index in [9.17, 15) is 4.79 Å². The summed E-state index contributed by atoms with van der Waals surface area (Å²) in [5, 5.41) is 0.677. The number of nitrogens with zero attached hydrogens (tertiary/aromatic N) is 2. The average molecular weight is 337 g/mol. The van der Waals surface area contributed by atoms with Gasteiger partial charge < -0.3 is 9.64 Å². The van der Waals surface area contributed by atoms with Gasteiger partial charge >= 0.3 is 0 Å². The van der Waals surface area contributed by atoms with Gasteiger partial charge in [0.05, 0.1) is 30.4 Å². The molecule has 0 N–H and O–H groups in total. The Morgan fingerprint density at radius 1 is 1.50 bits per heavy atom. The minimum atomic E-state index is -0.146. The maximum absolute atomic E-state index is 12.8. The average Bonchev–Trinajstić information content (AvgIpc) is 2.93. The molecule has 22 heavy (non-hydrogen) atoms. The lowest BCUT2D eigenvalue weighted by molar-refractivity contribution is -0.0485. The van der Waals surface area contributed by atoms with Crippen molar-refractivity contribution in [3.05, 3.63) is 50.9 Å². The topological polar surface area (TPSA) is 42.4 Å². The molecule has 0 spiro atoms. The van der Waals surface area contributed by atoms with Crippen molar-refractivity contribution in [1.29, 1.82) is 0 Å². The summed E-state index contributed by atoms with van der Waals surface area (Å²) in [4.78, 5) is 19.5. The molecule has 1 aliphatic rings. The Bertz CT molecular complexity index is 688. The third kappa shape index (κ3) is 3.02. The third-order valence-electron chi connectivity index (χ3n) is 3.85. The predicted octanol–water partition coefficient (Wildman–Crippen LogP) is 3.71. The molecule has 0 aliphatic carbocycles. The number of morpholine rings is 1. The second-order valence-corrected chi connectivity index (χ2v) is 6.74. The molecule has 116 valence electrons. The zero-order valence-corrected chi connectivity index (χ0v) is 14.0. The largest absolute Gasteiger partial charge is 0.370 e. The van der Waals surface area contributed by atoms with Gasteiger partial charge in [0.25, 0.3) is 5.91 Å². The smallest absolute Gasteiger partial charge is 0.266 e. The minimum Gasteiger partial charge on any atom is -0.370 e. The molecule has 4 nitrogen and oxygen atoms in total. The number of thiazole rings is 1. The van der Waals surface area contributed by atoms with E-state index in [-0.39, 0.29) is 18.1 Å². The van der Waals surface area contributed by atoms with E-state index in [0.717, 1.165) is 11.3 Å². The van der Waals surface area contributed by atoms with E-state index in [0.29, 0.717) is 23.1 Å². The number of benzene rings is 1. The molecule has 1 fully saturated rings. The molecule has 6 heteroatoms. The number of hydrogen-bond donors (Lipinski definition) is 0. The van der Waals surface area contributed by atoms with E-state index in [2.05, 4.69) is 4.98 Å². The van der Waals surface area contributed by atoms with Gasteiger partial charge in [0.2, 0.25) is 0 Å². The number of amides is 1. The summed E-state index contributed by atoms with van der Waals surface area (Å²) in [5.41, 5.74) is 3.49. The Morgan fingerprint density at radius 2 is 2.32 bits per heavy atom. The van der Waals surface area contributed by atoms with Crippen LogP contribution in [0.2, 0.25) is 5.02 Å². The van der Waals surface area contributed by atoms with Crippen molar-refractivity contribution in [3.63, 3.8) is 0 Å². The van der Waals surface area contributed by atoms with Crippen LogP contribution in [0.5, 0.6) is 0 Å². The molecule has 2 atom stereocenters. The van der Waals surface area contributed by atoms with E-state index < -0.39 is 0 Å². The first kappa shape index (κ1) is 15.5. The molecule has 1 amide bonds. The van der Waals surface area contributed by atoms with Gasteiger partial charge in [0.1, 0.15) is 11.0 Å². The highest BCUT2D eigenvalue weighted by molar-refractivity contribution is 7.11. The molecule has 3 rings (SSSR count). The monoisotopic (exact) mass is 336 g/mol. The van der Waals surface area contributed by atoms with Crippen LogP contribution in [-0.4, -0.2) is 35.0 Å². The lowest BCUT2D eigenvalue weighted by Crippen LogP contribution is -2.48. The molecule has 0 saturated carbocycles. The minimum absolute atomic E-state index is 0.0304. The summed E-state index contributed by atoms with van der Waals surface area (Å²) in [6.45, 7) is 4.91. The first-order chi connectivity index (χ1) is 10.6. The molecule has 2 heterocycles. The van der Waals surface area contributed by atoms with E-state index in [4.69, 9.17) is 16.3 Å². The molecule has 0 radical (unpaired) electrons. The highest BCUT2D eigenvalue weighted by Gasteiger charge is 2.32. The Labute approximate surface area is 138 Å². The Kier molecular flexibility index (Phi) is 4.47.